The van der Waals surface area contributed by atoms with E-state index in [1.165, 1.54) is 10.6 Å². The van der Waals surface area contributed by atoms with Crippen LogP contribution in [-0.4, -0.2) is 13.9 Å². The molecule has 0 N–H and O–H groups in total. The molecule has 20 heavy (non-hydrogen) atoms. The van der Waals surface area contributed by atoms with Crippen LogP contribution in [0.2, 0.25) is 5.15 Å². The van der Waals surface area contributed by atoms with Crippen molar-refractivity contribution in [3.05, 3.63) is 35.5 Å². The van der Waals surface area contributed by atoms with Crippen LogP contribution in [0.5, 0.6) is 5.75 Å². The van der Waals surface area contributed by atoms with Gasteiger partial charge in [0, 0.05) is 6.07 Å². The van der Waals surface area contributed by atoms with E-state index in [0.717, 1.165) is 6.07 Å². The van der Waals surface area contributed by atoms with Gasteiger partial charge in [-0.15, -0.1) is 0 Å². The molecule has 9 heteroatoms. The predicted molar refractivity (Wildman–Crippen MR) is 65.7 cm³/mol. The highest BCUT2D eigenvalue weighted by atomic mass is 35.5. The third-order valence-corrected chi connectivity index (χ3v) is 3.91. The molecule has 0 bridgehead atoms. The molecule has 0 aliphatic rings. The molecule has 2 aromatic rings. The van der Waals surface area contributed by atoms with Crippen molar-refractivity contribution < 1.29 is 30.3 Å². The van der Waals surface area contributed by atoms with E-state index in [1.54, 1.807) is 25.2 Å². The summed E-state index contributed by atoms with van der Waals surface area (Å²) >= 11 is 5.84. The highest BCUT2D eigenvalue weighted by molar-refractivity contribution is 7.88. The number of hydrogen-bond acceptors (Lipinski definition) is 3. The molecule has 0 radical (unpaired) electrons. The van der Waals surface area contributed by atoms with E-state index in [0.29, 0.717) is 5.52 Å². The first-order chi connectivity index (χ1) is 9.13. The molecule has 0 atom stereocenters. The number of pyridine rings is 1. The fourth-order valence-corrected chi connectivity index (χ4v) is 2.27. The molecule has 1 heterocycles. The number of alkyl halides is 3. The number of para-hydroxylation sites is 1. The molecule has 0 amide bonds. The van der Waals surface area contributed by atoms with Gasteiger partial charge in [0.2, 0.25) is 5.52 Å². The second kappa shape index (κ2) is 4.78. The largest absolute Gasteiger partial charge is 0.534 e. The zero-order valence-corrected chi connectivity index (χ0v) is 11.6. The minimum Gasteiger partial charge on any atom is -0.375 e. The van der Waals surface area contributed by atoms with Gasteiger partial charge in [0.25, 0.3) is 5.15 Å². The summed E-state index contributed by atoms with van der Waals surface area (Å²) in [4.78, 5) is 0. The smallest absolute Gasteiger partial charge is 0.375 e. The van der Waals surface area contributed by atoms with E-state index in [-0.39, 0.29) is 10.5 Å². The fourth-order valence-electron chi connectivity index (χ4n) is 1.61. The Balaban J connectivity index is 2.65. The standard InChI is InChI=1S/C11H8ClF3NO3S/c1-16-8-5-3-2-4-7(8)9(6-10(16)12)19-20(17,18)11(13,14)15/h2-6H,1H3/q+1. The second-order valence-corrected chi connectivity index (χ2v) is 5.82. The van der Waals surface area contributed by atoms with E-state index in [4.69, 9.17) is 11.6 Å². The van der Waals surface area contributed by atoms with Crippen molar-refractivity contribution in [2.24, 2.45) is 7.05 Å². The molecule has 4 nitrogen and oxygen atoms in total. The van der Waals surface area contributed by atoms with Crippen LogP contribution >= 0.6 is 11.6 Å². The summed E-state index contributed by atoms with van der Waals surface area (Å²) in [5.74, 6) is -0.471. The Morgan fingerprint density at radius 1 is 1.25 bits per heavy atom. The van der Waals surface area contributed by atoms with Crippen LogP contribution in [0.1, 0.15) is 0 Å². The van der Waals surface area contributed by atoms with Crippen molar-refractivity contribution in [3.8, 4) is 5.75 Å². The Morgan fingerprint density at radius 3 is 2.45 bits per heavy atom. The van der Waals surface area contributed by atoms with Crippen LogP contribution in [0.3, 0.4) is 0 Å². The number of aryl methyl sites for hydroxylation is 1. The maximum atomic E-state index is 12.3. The van der Waals surface area contributed by atoms with Gasteiger partial charge in [0.15, 0.2) is 5.75 Å². The molecule has 0 aliphatic carbocycles. The molecule has 0 unspecified atom stereocenters. The van der Waals surface area contributed by atoms with Gasteiger partial charge in [0.1, 0.15) is 7.05 Å². The Kier molecular flexibility index (Phi) is 3.55. The lowest BCUT2D eigenvalue weighted by Gasteiger charge is -2.11. The maximum absolute atomic E-state index is 12.3. The Morgan fingerprint density at radius 2 is 1.85 bits per heavy atom. The number of aromatic nitrogens is 1. The Labute approximate surface area is 117 Å². The number of fused-ring (bicyclic) bond motifs is 1. The normalized spacial score (nSPS) is 12.7. The van der Waals surface area contributed by atoms with E-state index in [9.17, 15) is 21.6 Å². The Hall–Kier alpha value is -1.54. The number of benzene rings is 1. The topological polar surface area (TPSA) is 47.2 Å². The summed E-state index contributed by atoms with van der Waals surface area (Å²) in [7, 11) is -4.15. The average Bonchev–Trinajstić information content (AvgIpc) is 2.34. The molecule has 0 fully saturated rings. The van der Waals surface area contributed by atoms with Gasteiger partial charge in [0.05, 0.1) is 11.5 Å². The van der Waals surface area contributed by atoms with Gasteiger partial charge in [-0.3, -0.25) is 0 Å². The van der Waals surface area contributed by atoms with Crippen LogP contribution in [-0.2, 0) is 17.2 Å². The molecular weight excluding hydrogens is 319 g/mol. The summed E-state index contributed by atoms with van der Waals surface area (Å²) < 4.78 is 64.8. The summed E-state index contributed by atoms with van der Waals surface area (Å²) in [6, 6.07) is 7.22. The molecule has 2 rings (SSSR count). The minimum absolute atomic E-state index is 0.0380. The molecule has 0 aliphatic heterocycles. The van der Waals surface area contributed by atoms with Crippen LogP contribution in [0.25, 0.3) is 10.9 Å². The zero-order valence-electron chi connectivity index (χ0n) is 9.98. The van der Waals surface area contributed by atoms with Gasteiger partial charge in [-0.25, -0.2) is 0 Å². The SMILES string of the molecule is C[n+]1c(Cl)cc(OS(=O)(=O)C(F)(F)F)c2ccccc21. The lowest BCUT2D eigenvalue weighted by molar-refractivity contribution is -0.642. The predicted octanol–water partition coefficient (Wildman–Crippen LogP) is 2.55. The van der Waals surface area contributed by atoms with Crippen molar-refractivity contribution in [2.45, 2.75) is 5.51 Å². The molecule has 0 saturated carbocycles. The van der Waals surface area contributed by atoms with E-state index >= 15 is 0 Å². The van der Waals surface area contributed by atoms with Crippen molar-refractivity contribution in [3.63, 3.8) is 0 Å². The van der Waals surface area contributed by atoms with Gasteiger partial charge in [-0.2, -0.15) is 26.2 Å². The second-order valence-electron chi connectivity index (χ2n) is 3.89. The average molecular weight is 327 g/mol. The third kappa shape index (κ3) is 2.53. The van der Waals surface area contributed by atoms with Crippen LogP contribution in [0.4, 0.5) is 13.2 Å². The minimum atomic E-state index is -5.74. The zero-order chi connectivity index (χ0) is 15.1. The van der Waals surface area contributed by atoms with E-state index in [1.807, 2.05) is 0 Å². The van der Waals surface area contributed by atoms with Crippen LogP contribution in [0.15, 0.2) is 30.3 Å². The molecule has 1 aromatic heterocycles. The summed E-state index contributed by atoms with van der Waals surface area (Å²) in [6.07, 6.45) is 0. The number of hydrogen-bond donors (Lipinski definition) is 0. The Bertz CT molecular complexity index is 774. The van der Waals surface area contributed by atoms with Gasteiger partial charge in [-0.05, 0) is 17.7 Å². The first-order valence-electron chi connectivity index (χ1n) is 5.21. The van der Waals surface area contributed by atoms with Crippen molar-refractivity contribution >= 4 is 32.6 Å². The first kappa shape index (κ1) is 14.9. The van der Waals surface area contributed by atoms with Gasteiger partial charge >= 0.3 is 15.6 Å². The molecule has 0 spiro atoms. The van der Waals surface area contributed by atoms with Crippen LogP contribution < -0.4 is 8.75 Å². The fraction of sp³-hybridized carbons (Fsp3) is 0.182. The van der Waals surface area contributed by atoms with Crippen molar-refractivity contribution in [1.29, 1.82) is 0 Å². The molecular formula is C11H8ClF3NO3S+. The van der Waals surface area contributed by atoms with Crippen LogP contribution in [0, 0.1) is 0 Å². The summed E-state index contributed by atoms with van der Waals surface area (Å²) in [6.45, 7) is 0. The molecule has 108 valence electrons. The number of rotatable bonds is 2. The van der Waals surface area contributed by atoms with Crippen molar-refractivity contribution in [2.75, 3.05) is 0 Å². The van der Waals surface area contributed by atoms with E-state index in [2.05, 4.69) is 4.18 Å². The number of halogens is 4. The van der Waals surface area contributed by atoms with Crippen molar-refractivity contribution in [1.82, 2.24) is 0 Å². The lowest BCUT2D eigenvalue weighted by atomic mass is 10.2. The monoisotopic (exact) mass is 326 g/mol. The summed E-state index contributed by atoms with van der Waals surface area (Å²) in [5.41, 5.74) is -5.06. The maximum Gasteiger partial charge on any atom is 0.534 e. The molecule has 0 saturated heterocycles. The highest BCUT2D eigenvalue weighted by Gasteiger charge is 2.49. The first-order valence-corrected chi connectivity index (χ1v) is 7.00. The molecule has 1 aromatic carbocycles. The van der Waals surface area contributed by atoms with E-state index < -0.39 is 21.4 Å². The van der Waals surface area contributed by atoms with Gasteiger partial charge in [-0.1, -0.05) is 12.1 Å². The third-order valence-electron chi connectivity index (χ3n) is 2.58. The highest BCUT2D eigenvalue weighted by Crippen LogP contribution is 2.31. The quantitative estimate of drug-likeness (QED) is 0.369. The summed E-state index contributed by atoms with van der Waals surface area (Å²) in [5, 5.41) is 0.239. The number of nitrogens with zero attached hydrogens (tertiary/aromatic N) is 1. The van der Waals surface area contributed by atoms with Gasteiger partial charge < -0.3 is 4.18 Å². The lowest BCUT2D eigenvalue weighted by Crippen LogP contribution is -2.32.